The highest BCUT2D eigenvalue weighted by Gasteiger charge is 2.46. The minimum absolute atomic E-state index is 0.0138. The number of piperidine rings is 1. The van der Waals surface area contributed by atoms with E-state index in [-0.39, 0.29) is 23.2 Å². The first-order chi connectivity index (χ1) is 13.4. The molecule has 0 N–H and O–H groups in total. The Morgan fingerprint density at radius 1 is 1.04 bits per heavy atom. The van der Waals surface area contributed by atoms with Crippen LogP contribution in [-0.4, -0.2) is 42.8 Å². The normalized spacial score (nSPS) is 24.2. The molecular formula is C22H25NO4S. The molecule has 4 rings (SSSR count). The number of benzene rings is 2. The zero-order valence-electron chi connectivity index (χ0n) is 16.0. The summed E-state index contributed by atoms with van der Waals surface area (Å²) in [5.74, 6) is 0.637. The second-order valence-electron chi connectivity index (χ2n) is 7.82. The second-order valence-corrected chi connectivity index (χ2v) is 10.1. The number of hydrogen-bond donors (Lipinski definition) is 0. The fraction of sp³-hybridized carbons (Fsp3) is 0.409. The molecule has 2 saturated heterocycles. The van der Waals surface area contributed by atoms with Crippen LogP contribution in [0.15, 0.2) is 54.6 Å². The van der Waals surface area contributed by atoms with Crippen molar-refractivity contribution in [1.82, 2.24) is 4.90 Å². The first-order valence-electron chi connectivity index (χ1n) is 9.70. The fourth-order valence-corrected chi connectivity index (χ4v) is 5.56. The maximum absolute atomic E-state index is 13.2. The number of hydrogen-bond acceptors (Lipinski definition) is 4. The van der Waals surface area contributed by atoms with Gasteiger partial charge in [0.05, 0.1) is 5.25 Å². The van der Waals surface area contributed by atoms with Gasteiger partial charge in [-0.2, -0.15) is 0 Å². The third-order valence-electron chi connectivity index (χ3n) is 5.86. The molecule has 0 radical (unpaired) electrons. The summed E-state index contributed by atoms with van der Waals surface area (Å²) in [6, 6.07) is 17.2. The van der Waals surface area contributed by atoms with Crippen molar-refractivity contribution in [3.8, 4) is 5.75 Å². The van der Waals surface area contributed by atoms with Crippen LogP contribution in [0.25, 0.3) is 0 Å². The lowest BCUT2D eigenvalue weighted by Crippen LogP contribution is -2.49. The Morgan fingerprint density at radius 3 is 2.36 bits per heavy atom. The zero-order chi connectivity index (χ0) is 19.7. The Bertz CT molecular complexity index is 944. The molecule has 2 aliphatic heterocycles. The molecule has 1 unspecified atom stereocenters. The van der Waals surface area contributed by atoms with E-state index in [0.29, 0.717) is 30.8 Å². The number of rotatable bonds is 5. The minimum Gasteiger partial charge on any atom is -0.489 e. The molecule has 148 valence electrons. The number of sulfone groups is 1. The van der Waals surface area contributed by atoms with Gasteiger partial charge < -0.3 is 9.64 Å². The van der Waals surface area contributed by atoms with E-state index in [9.17, 15) is 13.2 Å². The van der Waals surface area contributed by atoms with Crippen molar-refractivity contribution < 1.29 is 17.9 Å². The average Bonchev–Trinajstić information content (AvgIpc) is 2.95. The smallest absolute Gasteiger partial charge is 0.254 e. The van der Waals surface area contributed by atoms with Crippen LogP contribution in [0.4, 0.5) is 0 Å². The van der Waals surface area contributed by atoms with Crippen LogP contribution in [0.2, 0.25) is 0 Å². The average molecular weight is 400 g/mol. The Kier molecular flexibility index (Phi) is 5.15. The number of nitrogens with zero attached hydrogens (tertiary/aromatic N) is 1. The summed E-state index contributed by atoms with van der Waals surface area (Å²) in [5.41, 5.74) is 1.67. The van der Waals surface area contributed by atoms with E-state index in [2.05, 4.69) is 0 Å². The lowest BCUT2D eigenvalue weighted by atomic mass is 10.0. The Labute approximate surface area is 166 Å². The van der Waals surface area contributed by atoms with Crippen molar-refractivity contribution >= 4 is 15.7 Å². The van der Waals surface area contributed by atoms with E-state index in [1.165, 1.54) is 6.26 Å². The highest BCUT2D eigenvalue weighted by molar-refractivity contribution is 7.91. The van der Waals surface area contributed by atoms with Crippen LogP contribution in [0.3, 0.4) is 0 Å². The number of carbonyl (C=O) groups is 1. The van der Waals surface area contributed by atoms with Gasteiger partial charge in [0.1, 0.15) is 22.2 Å². The number of fused-ring (bicyclic) bond motifs is 2. The minimum atomic E-state index is -3.06. The molecule has 2 aliphatic rings. The van der Waals surface area contributed by atoms with Crippen LogP contribution in [0, 0.1) is 0 Å². The topological polar surface area (TPSA) is 63.7 Å². The van der Waals surface area contributed by atoms with E-state index in [0.717, 1.165) is 18.4 Å². The quantitative estimate of drug-likeness (QED) is 0.773. The summed E-state index contributed by atoms with van der Waals surface area (Å²) in [4.78, 5) is 15.1. The molecular weight excluding hydrogens is 374 g/mol. The van der Waals surface area contributed by atoms with Crippen LogP contribution < -0.4 is 4.74 Å². The van der Waals surface area contributed by atoms with Crippen LogP contribution >= 0.6 is 0 Å². The van der Waals surface area contributed by atoms with E-state index in [1.807, 2.05) is 47.4 Å². The molecule has 3 atom stereocenters. The third kappa shape index (κ3) is 3.92. The summed E-state index contributed by atoms with van der Waals surface area (Å²) in [6.45, 7) is 0.448. The van der Waals surface area contributed by atoms with Gasteiger partial charge in [-0.3, -0.25) is 4.79 Å². The lowest BCUT2D eigenvalue weighted by Gasteiger charge is -2.38. The number of amides is 1. The molecule has 2 aromatic rings. The van der Waals surface area contributed by atoms with Crippen molar-refractivity contribution in [2.75, 3.05) is 6.26 Å². The van der Waals surface area contributed by atoms with Crippen molar-refractivity contribution in [2.45, 2.75) is 49.6 Å². The van der Waals surface area contributed by atoms with E-state index >= 15 is 0 Å². The summed E-state index contributed by atoms with van der Waals surface area (Å²) >= 11 is 0. The summed E-state index contributed by atoms with van der Waals surface area (Å²) in [5, 5.41) is -0.324. The second kappa shape index (κ2) is 7.59. The van der Waals surface area contributed by atoms with Crippen LogP contribution in [-0.2, 0) is 16.4 Å². The molecule has 1 amide bonds. The molecule has 0 aliphatic carbocycles. The van der Waals surface area contributed by atoms with Gasteiger partial charge in [0, 0.05) is 23.9 Å². The third-order valence-corrected chi connectivity index (χ3v) is 7.46. The lowest BCUT2D eigenvalue weighted by molar-refractivity contribution is 0.0598. The van der Waals surface area contributed by atoms with Crippen molar-refractivity contribution in [3.63, 3.8) is 0 Å². The molecule has 5 nitrogen and oxygen atoms in total. The number of ether oxygens (including phenoxy) is 1. The van der Waals surface area contributed by atoms with Crippen molar-refractivity contribution in [2.24, 2.45) is 0 Å². The van der Waals surface area contributed by atoms with Crippen molar-refractivity contribution in [1.29, 1.82) is 0 Å². The Balaban J connectivity index is 1.47. The SMILES string of the molecule is CS(=O)(=O)C1C[C@H]2CC[C@@H](C1)N2C(=O)c1cccc(OCc2ccccc2)c1. The van der Waals surface area contributed by atoms with Gasteiger partial charge in [-0.1, -0.05) is 36.4 Å². The van der Waals surface area contributed by atoms with Crippen LogP contribution in [0.1, 0.15) is 41.6 Å². The Morgan fingerprint density at radius 2 is 1.71 bits per heavy atom. The zero-order valence-corrected chi connectivity index (χ0v) is 16.8. The van der Waals surface area contributed by atoms with Crippen molar-refractivity contribution in [3.05, 3.63) is 65.7 Å². The Hall–Kier alpha value is -2.34. The van der Waals surface area contributed by atoms with Gasteiger partial charge in [0.15, 0.2) is 0 Å². The molecule has 0 spiro atoms. The van der Waals surface area contributed by atoms with E-state index in [4.69, 9.17) is 4.74 Å². The fourth-order valence-electron chi connectivity index (χ4n) is 4.42. The van der Waals surface area contributed by atoms with Gasteiger partial charge in [-0.15, -0.1) is 0 Å². The highest BCUT2D eigenvalue weighted by Crippen LogP contribution is 2.39. The van der Waals surface area contributed by atoms with Gasteiger partial charge in [-0.25, -0.2) is 8.42 Å². The molecule has 28 heavy (non-hydrogen) atoms. The van der Waals surface area contributed by atoms with Gasteiger partial charge in [0.2, 0.25) is 0 Å². The highest BCUT2D eigenvalue weighted by atomic mass is 32.2. The van der Waals surface area contributed by atoms with Gasteiger partial charge in [-0.05, 0) is 49.4 Å². The largest absolute Gasteiger partial charge is 0.489 e. The van der Waals surface area contributed by atoms with Crippen LogP contribution in [0.5, 0.6) is 5.75 Å². The predicted octanol–water partition coefficient (Wildman–Crippen LogP) is 3.45. The molecule has 2 bridgehead atoms. The molecule has 0 saturated carbocycles. The van der Waals surface area contributed by atoms with E-state index < -0.39 is 9.84 Å². The van der Waals surface area contributed by atoms with Gasteiger partial charge in [0.25, 0.3) is 5.91 Å². The molecule has 2 aromatic carbocycles. The number of carbonyl (C=O) groups excluding carboxylic acids is 1. The molecule has 2 heterocycles. The monoisotopic (exact) mass is 399 g/mol. The molecule has 2 fully saturated rings. The summed E-state index contributed by atoms with van der Waals surface area (Å²) in [7, 11) is -3.06. The van der Waals surface area contributed by atoms with Gasteiger partial charge >= 0.3 is 0 Å². The van der Waals surface area contributed by atoms with E-state index in [1.54, 1.807) is 12.1 Å². The summed E-state index contributed by atoms with van der Waals surface area (Å²) < 4.78 is 29.8. The maximum atomic E-state index is 13.2. The first kappa shape index (κ1) is 19.0. The molecule has 0 aromatic heterocycles. The summed E-state index contributed by atoms with van der Waals surface area (Å²) in [6.07, 6.45) is 4.16. The predicted molar refractivity (Wildman–Crippen MR) is 108 cm³/mol. The standard InChI is InChI=1S/C22H25NO4S/c1-28(25,26)21-13-18-10-11-19(14-21)23(18)22(24)17-8-5-9-20(12-17)27-15-16-6-3-2-4-7-16/h2-9,12,18-19,21H,10-11,13-15H2,1H3/t18-,19+,21?. The molecule has 6 heteroatoms. The first-order valence-corrected chi connectivity index (χ1v) is 11.7. The maximum Gasteiger partial charge on any atom is 0.254 e.